The van der Waals surface area contributed by atoms with Crippen molar-refractivity contribution in [1.29, 1.82) is 5.26 Å². The molecule has 1 unspecified atom stereocenters. The number of hydrogen-bond acceptors (Lipinski definition) is 3. The van der Waals surface area contributed by atoms with Crippen LogP contribution in [0.4, 0.5) is 10.5 Å². The topological polar surface area (TPSA) is 93.4 Å². The van der Waals surface area contributed by atoms with Gasteiger partial charge in [-0.2, -0.15) is 5.26 Å². The number of nitrogens with zero attached hydrogens (tertiary/aromatic N) is 2. The molecule has 2 rings (SSSR count). The first-order chi connectivity index (χ1) is 10.0. The zero-order valence-corrected chi connectivity index (χ0v) is 11.8. The van der Waals surface area contributed by atoms with Gasteiger partial charge in [-0.15, -0.1) is 0 Å². The number of likely N-dealkylation sites (tertiary alicyclic amines) is 1. The maximum Gasteiger partial charge on any atom is 0.326 e. The van der Waals surface area contributed by atoms with Crippen LogP contribution < -0.4 is 5.32 Å². The molecule has 1 aromatic rings. The number of nitriles is 1. The second-order valence-corrected chi connectivity index (χ2v) is 5.08. The molecule has 0 bridgehead atoms. The fourth-order valence-electron chi connectivity index (χ4n) is 2.54. The standard InChI is InChI=1S/C15H17N3O3/c1-10-5-4-6-12(11(10)9-16)17-15(21)18-8-3-2-7-13(18)14(19)20/h4-6,13H,2-3,7-8H2,1H3,(H,17,21)(H,19,20). The summed E-state index contributed by atoms with van der Waals surface area (Å²) < 4.78 is 0. The molecule has 2 N–H and O–H groups in total. The summed E-state index contributed by atoms with van der Waals surface area (Å²) in [7, 11) is 0. The van der Waals surface area contributed by atoms with Crippen LogP contribution >= 0.6 is 0 Å². The maximum absolute atomic E-state index is 12.3. The molecule has 1 aliphatic rings. The van der Waals surface area contributed by atoms with E-state index in [4.69, 9.17) is 5.26 Å². The zero-order chi connectivity index (χ0) is 15.4. The number of aliphatic carboxylic acids is 1. The summed E-state index contributed by atoms with van der Waals surface area (Å²) >= 11 is 0. The van der Waals surface area contributed by atoms with Crippen molar-refractivity contribution in [3.63, 3.8) is 0 Å². The summed E-state index contributed by atoms with van der Waals surface area (Å²) in [6, 6.07) is 5.97. The van der Waals surface area contributed by atoms with Crippen LogP contribution in [0.25, 0.3) is 0 Å². The van der Waals surface area contributed by atoms with E-state index in [1.807, 2.05) is 0 Å². The molecule has 21 heavy (non-hydrogen) atoms. The Bertz CT molecular complexity index is 607. The molecule has 6 nitrogen and oxygen atoms in total. The number of benzene rings is 1. The Morgan fingerprint density at radius 3 is 2.86 bits per heavy atom. The molecular weight excluding hydrogens is 270 g/mol. The average Bonchev–Trinajstić information content (AvgIpc) is 2.47. The summed E-state index contributed by atoms with van der Waals surface area (Å²) in [5.41, 5.74) is 1.58. The Hall–Kier alpha value is -2.55. The molecule has 1 aliphatic heterocycles. The number of hydrogen-bond donors (Lipinski definition) is 2. The van der Waals surface area contributed by atoms with E-state index in [0.717, 1.165) is 18.4 Å². The van der Waals surface area contributed by atoms with E-state index < -0.39 is 18.0 Å². The van der Waals surface area contributed by atoms with Gasteiger partial charge in [0.2, 0.25) is 0 Å². The van der Waals surface area contributed by atoms with E-state index in [1.165, 1.54) is 4.90 Å². The van der Waals surface area contributed by atoms with Crippen molar-refractivity contribution in [1.82, 2.24) is 4.90 Å². The number of nitrogens with one attached hydrogen (secondary N) is 1. The first kappa shape index (κ1) is 14.9. The van der Waals surface area contributed by atoms with Gasteiger partial charge in [0, 0.05) is 6.54 Å². The molecule has 1 atom stereocenters. The van der Waals surface area contributed by atoms with Gasteiger partial charge in [-0.25, -0.2) is 9.59 Å². The van der Waals surface area contributed by atoms with Crippen molar-refractivity contribution in [2.24, 2.45) is 0 Å². The van der Waals surface area contributed by atoms with E-state index in [2.05, 4.69) is 11.4 Å². The average molecular weight is 287 g/mol. The summed E-state index contributed by atoms with van der Waals surface area (Å²) in [5.74, 6) is -0.991. The minimum absolute atomic E-state index is 0.398. The minimum atomic E-state index is -0.991. The number of carboxylic acid groups (broad SMARTS) is 1. The first-order valence-corrected chi connectivity index (χ1v) is 6.84. The van der Waals surface area contributed by atoms with Gasteiger partial charge in [0.25, 0.3) is 0 Å². The highest BCUT2D eigenvalue weighted by molar-refractivity contribution is 5.93. The van der Waals surface area contributed by atoms with Crippen LogP contribution in [0.3, 0.4) is 0 Å². The highest BCUT2D eigenvalue weighted by Crippen LogP contribution is 2.22. The first-order valence-electron chi connectivity index (χ1n) is 6.84. The van der Waals surface area contributed by atoms with Gasteiger partial charge < -0.3 is 15.3 Å². The molecule has 0 spiro atoms. The number of urea groups is 1. The van der Waals surface area contributed by atoms with Crippen molar-refractivity contribution in [2.45, 2.75) is 32.2 Å². The number of anilines is 1. The maximum atomic E-state index is 12.3. The molecule has 6 heteroatoms. The van der Waals surface area contributed by atoms with Gasteiger partial charge in [-0.05, 0) is 37.8 Å². The van der Waals surface area contributed by atoms with Gasteiger partial charge in [0.15, 0.2) is 0 Å². The Morgan fingerprint density at radius 1 is 1.43 bits per heavy atom. The van der Waals surface area contributed by atoms with Crippen LogP contribution in [0.1, 0.15) is 30.4 Å². The van der Waals surface area contributed by atoms with Crippen LogP contribution in [-0.2, 0) is 4.79 Å². The van der Waals surface area contributed by atoms with Gasteiger partial charge in [0.1, 0.15) is 12.1 Å². The summed E-state index contributed by atoms with van der Waals surface area (Å²) in [5, 5.41) is 21.0. The van der Waals surface area contributed by atoms with E-state index >= 15 is 0 Å². The summed E-state index contributed by atoms with van der Waals surface area (Å²) in [4.78, 5) is 24.9. The number of carbonyl (C=O) groups is 2. The second kappa shape index (κ2) is 6.27. The summed E-state index contributed by atoms with van der Waals surface area (Å²) in [6.07, 6.45) is 2.05. The molecule has 0 radical (unpaired) electrons. The lowest BCUT2D eigenvalue weighted by Crippen LogP contribution is -2.49. The number of aryl methyl sites for hydroxylation is 1. The van der Waals surface area contributed by atoms with Crippen molar-refractivity contribution in [3.05, 3.63) is 29.3 Å². The molecule has 1 aromatic carbocycles. The fourth-order valence-corrected chi connectivity index (χ4v) is 2.54. The molecule has 1 saturated heterocycles. The Balaban J connectivity index is 2.20. The monoisotopic (exact) mass is 287 g/mol. The van der Waals surface area contributed by atoms with Crippen LogP contribution in [-0.4, -0.2) is 34.6 Å². The third-order valence-electron chi connectivity index (χ3n) is 3.67. The molecule has 110 valence electrons. The smallest absolute Gasteiger partial charge is 0.326 e. The lowest BCUT2D eigenvalue weighted by Gasteiger charge is -2.33. The van der Waals surface area contributed by atoms with E-state index in [0.29, 0.717) is 24.2 Å². The lowest BCUT2D eigenvalue weighted by atomic mass is 10.0. The van der Waals surface area contributed by atoms with Crippen LogP contribution in [0.5, 0.6) is 0 Å². The molecule has 0 aromatic heterocycles. The second-order valence-electron chi connectivity index (χ2n) is 5.08. The SMILES string of the molecule is Cc1cccc(NC(=O)N2CCCCC2C(=O)O)c1C#N. The van der Waals surface area contributed by atoms with Crippen molar-refractivity contribution in [3.8, 4) is 6.07 Å². The highest BCUT2D eigenvalue weighted by Gasteiger charge is 2.32. The zero-order valence-electron chi connectivity index (χ0n) is 11.8. The number of carbonyl (C=O) groups excluding carboxylic acids is 1. The quantitative estimate of drug-likeness (QED) is 0.873. The van der Waals surface area contributed by atoms with Gasteiger partial charge >= 0.3 is 12.0 Å². The van der Waals surface area contributed by atoms with Crippen molar-refractivity contribution >= 4 is 17.7 Å². The highest BCUT2D eigenvalue weighted by atomic mass is 16.4. The molecule has 2 amide bonds. The normalized spacial score (nSPS) is 17.9. The molecule has 1 heterocycles. The van der Waals surface area contributed by atoms with Crippen LogP contribution in [0.15, 0.2) is 18.2 Å². The third-order valence-corrected chi connectivity index (χ3v) is 3.67. The lowest BCUT2D eigenvalue weighted by molar-refractivity contribution is -0.143. The Kier molecular flexibility index (Phi) is 4.43. The molecule has 1 fully saturated rings. The van der Waals surface area contributed by atoms with Gasteiger partial charge in [0.05, 0.1) is 11.3 Å². The number of amides is 2. The van der Waals surface area contributed by atoms with Gasteiger partial charge in [-0.1, -0.05) is 12.1 Å². The summed E-state index contributed by atoms with van der Waals surface area (Å²) in [6.45, 7) is 2.20. The van der Waals surface area contributed by atoms with Gasteiger partial charge in [-0.3, -0.25) is 0 Å². The van der Waals surface area contributed by atoms with Crippen molar-refractivity contribution in [2.75, 3.05) is 11.9 Å². The molecule has 0 aliphatic carbocycles. The molecular formula is C15H17N3O3. The largest absolute Gasteiger partial charge is 0.480 e. The van der Waals surface area contributed by atoms with Crippen molar-refractivity contribution < 1.29 is 14.7 Å². The Labute approximate surface area is 123 Å². The number of rotatable bonds is 2. The van der Waals surface area contributed by atoms with E-state index in [9.17, 15) is 14.7 Å². The number of piperidine rings is 1. The van der Waals surface area contributed by atoms with E-state index in [-0.39, 0.29) is 0 Å². The predicted molar refractivity (Wildman–Crippen MR) is 76.9 cm³/mol. The predicted octanol–water partition coefficient (Wildman–Crippen LogP) is 2.34. The number of carboxylic acids is 1. The van der Waals surface area contributed by atoms with E-state index in [1.54, 1.807) is 25.1 Å². The minimum Gasteiger partial charge on any atom is -0.480 e. The third kappa shape index (κ3) is 3.14. The van der Waals surface area contributed by atoms with Crippen LogP contribution in [0.2, 0.25) is 0 Å². The van der Waals surface area contributed by atoms with Crippen LogP contribution in [0, 0.1) is 18.3 Å². The Morgan fingerprint density at radius 2 is 2.19 bits per heavy atom. The fraction of sp³-hybridized carbons (Fsp3) is 0.400. The molecule has 0 saturated carbocycles.